The van der Waals surface area contributed by atoms with E-state index in [1.807, 2.05) is 11.8 Å². The molecule has 1 aromatic heterocycles. The Balaban J connectivity index is 2.05. The second-order valence-corrected chi connectivity index (χ2v) is 5.84. The lowest BCUT2D eigenvalue weighted by Gasteiger charge is -2.20. The van der Waals surface area contributed by atoms with Crippen LogP contribution in [0, 0.1) is 0 Å². The van der Waals surface area contributed by atoms with Crippen molar-refractivity contribution in [2.45, 2.75) is 6.42 Å². The van der Waals surface area contributed by atoms with Crippen LogP contribution < -0.4 is 16.2 Å². The standard InChI is InChI=1S/C13H16N4OS/c14-9-2-3-11-10(8-9)12(18)16-13(15-11)17-4-1-6-19-7-5-17/h2-3,8H,1,4-7,14H2,(H,15,16,18). The Hall–Kier alpha value is -1.69. The number of aromatic amines is 1. The first kappa shape index (κ1) is 12.3. The molecule has 3 N–H and O–H groups in total. The number of benzene rings is 1. The number of rotatable bonds is 1. The first-order valence-electron chi connectivity index (χ1n) is 6.36. The molecular weight excluding hydrogens is 260 g/mol. The average molecular weight is 276 g/mol. The average Bonchev–Trinajstić information content (AvgIpc) is 2.68. The number of hydrogen-bond donors (Lipinski definition) is 2. The molecule has 1 saturated heterocycles. The summed E-state index contributed by atoms with van der Waals surface area (Å²) < 4.78 is 0. The van der Waals surface area contributed by atoms with Crippen LogP contribution in [-0.4, -0.2) is 34.6 Å². The second kappa shape index (κ2) is 5.13. The highest BCUT2D eigenvalue weighted by Gasteiger charge is 2.13. The minimum atomic E-state index is -0.121. The zero-order valence-electron chi connectivity index (χ0n) is 10.6. The summed E-state index contributed by atoms with van der Waals surface area (Å²) in [7, 11) is 0. The molecule has 0 amide bonds. The lowest BCUT2D eigenvalue weighted by Crippen LogP contribution is -2.29. The summed E-state index contributed by atoms with van der Waals surface area (Å²) in [4.78, 5) is 21.7. The van der Waals surface area contributed by atoms with Crippen LogP contribution in [0.2, 0.25) is 0 Å². The summed E-state index contributed by atoms with van der Waals surface area (Å²) in [6.07, 6.45) is 1.12. The van der Waals surface area contributed by atoms with Gasteiger partial charge in [0.05, 0.1) is 10.9 Å². The fourth-order valence-corrected chi connectivity index (χ4v) is 3.14. The highest BCUT2D eigenvalue weighted by atomic mass is 32.2. The zero-order chi connectivity index (χ0) is 13.2. The Morgan fingerprint density at radius 3 is 3.11 bits per heavy atom. The number of thioether (sulfide) groups is 1. The van der Waals surface area contributed by atoms with Gasteiger partial charge in [-0.1, -0.05) is 0 Å². The molecule has 100 valence electrons. The van der Waals surface area contributed by atoms with Gasteiger partial charge >= 0.3 is 0 Å². The largest absolute Gasteiger partial charge is 0.399 e. The van der Waals surface area contributed by atoms with Gasteiger partial charge in [-0.3, -0.25) is 9.78 Å². The summed E-state index contributed by atoms with van der Waals surface area (Å²) >= 11 is 1.95. The van der Waals surface area contributed by atoms with Gasteiger partial charge in [0.25, 0.3) is 5.56 Å². The summed E-state index contributed by atoms with van der Waals surface area (Å²) in [5.41, 5.74) is 6.86. The van der Waals surface area contributed by atoms with Crippen LogP contribution in [0.4, 0.5) is 11.6 Å². The molecule has 0 radical (unpaired) electrons. The summed E-state index contributed by atoms with van der Waals surface area (Å²) in [6.45, 7) is 1.87. The number of nitrogens with zero attached hydrogens (tertiary/aromatic N) is 2. The van der Waals surface area contributed by atoms with Crippen molar-refractivity contribution in [2.75, 3.05) is 35.2 Å². The van der Waals surface area contributed by atoms with Crippen LogP contribution in [0.1, 0.15) is 6.42 Å². The molecule has 3 rings (SSSR count). The first-order valence-corrected chi connectivity index (χ1v) is 7.52. The van der Waals surface area contributed by atoms with Crippen molar-refractivity contribution < 1.29 is 0 Å². The van der Waals surface area contributed by atoms with Crippen molar-refractivity contribution in [3.8, 4) is 0 Å². The third kappa shape index (κ3) is 2.53. The van der Waals surface area contributed by atoms with E-state index in [0.29, 0.717) is 22.5 Å². The minimum Gasteiger partial charge on any atom is -0.399 e. The molecule has 0 saturated carbocycles. The van der Waals surface area contributed by atoms with Crippen molar-refractivity contribution in [1.29, 1.82) is 0 Å². The maximum absolute atomic E-state index is 12.1. The van der Waals surface area contributed by atoms with Crippen LogP contribution in [0.5, 0.6) is 0 Å². The number of aromatic nitrogens is 2. The van der Waals surface area contributed by atoms with Gasteiger partial charge in [0.15, 0.2) is 0 Å². The SMILES string of the molecule is Nc1ccc2nc(N3CCCSCC3)[nH]c(=O)c2c1. The molecule has 1 fully saturated rings. The highest BCUT2D eigenvalue weighted by Crippen LogP contribution is 2.17. The van der Waals surface area contributed by atoms with Gasteiger partial charge in [-0.05, 0) is 30.4 Å². The molecular formula is C13H16N4OS. The molecule has 5 nitrogen and oxygen atoms in total. The first-order chi connectivity index (χ1) is 9.24. The third-order valence-corrected chi connectivity index (χ3v) is 4.29. The Bertz CT molecular complexity index is 647. The van der Waals surface area contributed by atoms with Crippen molar-refractivity contribution in [2.24, 2.45) is 0 Å². The minimum absolute atomic E-state index is 0.121. The predicted molar refractivity (Wildman–Crippen MR) is 80.9 cm³/mol. The molecule has 1 aromatic carbocycles. The fraction of sp³-hybridized carbons (Fsp3) is 0.385. The lowest BCUT2D eigenvalue weighted by atomic mass is 10.2. The lowest BCUT2D eigenvalue weighted by molar-refractivity contribution is 0.784. The van der Waals surface area contributed by atoms with E-state index in [9.17, 15) is 4.79 Å². The maximum atomic E-state index is 12.1. The van der Waals surface area contributed by atoms with E-state index in [1.54, 1.807) is 18.2 Å². The van der Waals surface area contributed by atoms with Gasteiger partial charge in [0, 0.05) is 24.5 Å². The molecule has 0 spiro atoms. The van der Waals surface area contributed by atoms with E-state index in [1.165, 1.54) is 5.75 Å². The van der Waals surface area contributed by atoms with E-state index in [4.69, 9.17) is 5.73 Å². The second-order valence-electron chi connectivity index (χ2n) is 4.62. The van der Waals surface area contributed by atoms with Crippen LogP contribution in [0.25, 0.3) is 10.9 Å². The van der Waals surface area contributed by atoms with Gasteiger partial charge in [-0.15, -0.1) is 0 Å². The van der Waals surface area contributed by atoms with Crippen molar-refractivity contribution >= 4 is 34.3 Å². The molecule has 1 aliphatic rings. The Kier molecular flexibility index (Phi) is 3.33. The zero-order valence-corrected chi connectivity index (χ0v) is 11.4. The molecule has 2 aromatic rings. The van der Waals surface area contributed by atoms with Crippen LogP contribution in [-0.2, 0) is 0 Å². The molecule has 19 heavy (non-hydrogen) atoms. The topological polar surface area (TPSA) is 75.0 Å². The number of nitrogens with two attached hydrogens (primary N) is 1. The third-order valence-electron chi connectivity index (χ3n) is 3.24. The van der Waals surface area contributed by atoms with Crippen molar-refractivity contribution in [1.82, 2.24) is 9.97 Å². The summed E-state index contributed by atoms with van der Waals surface area (Å²) in [6, 6.07) is 5.25. The number of nitrogens with one attached hydrogen (secondary N) is 1. The number of nitrogen functional groups attached to an aromatic ring is 1. The predicted octanol–water partition coefficient (Wildman–Crippen LogP) is 1.45. The summed E-state index contributed by atoms with van der Waals surface area (Å²) in [5, 5.41) is 0.549. The van der Waals surface area contributed by atoms with Crippen molar-refractivity contribution in [3.63, 3.8) is 0 Å². The van der Waals surface area contributed by atoms with Crippen LogP contribution in [0.15, 0.2) is 23.0 Å². The number of H-pyrrole nitrogens is 1. The van der Waals surface area contributed by atoms with Crippen molar-refractivity contribution in [3.05, 3.63) is 28.6 Å². The van der Waals surface area contributed by atoms with Gasteiger partial charge < -0.3 is 10.6 Å². The van der Waals surface area contributed by atoms with E-state index in [-0.39, 0.29) is 5.56 Å². The van der Waals surface area contributed by atoms with Gasteiger partial charge in [0.1, 0.15) is 0 Å². The maximum Gasteiger partial charge on any atom is 0.260 e. The Labute approximate surface area is 115 Å². The number of anilines is 2. The highest BCUT2D eigenvalue weighted by molar-refractivity contribution is 7.99. The van der Waals surface area contributed by atoms with Crippen LogP contribution >= 0.6 is 11.8 Å². The van der Waals surface area contributed by atoms with E-state index < -0.39 is 0 Å². The van der Waals surface area contributed by atoms with E-state index in [0.717, 1.165) is 25.3 Å². The fourth-order valence-electron chi connectivity index (χ4n) is 2.25. The molecule has 2 heterocycles. The Morgan fingerprint density at radius 1 is 1.32 bits per heavy atom. The van der Waals surface area contributed by atoms with E-state index in [2.05, 4.69) is 14.9 Å². The molecule has 6 heteroatoms. The monoisotopic (exact) mass is 276 g/mol. The normalized spacial score (nSPS) is 16.5. The molecule has 1 aliphatic heterocycles. The number of fused-ring (bicyclic) bond motifs is 1. The van der Waals surface area contributed by atoms with Gasteiger partial charge in [-0.2, -0.15) is 11.8 Å². The molecule has 0 aliphatic carbocycles. The molecule has 0 bridgehead atoms. The summed E-state index contributed by atoms with van der Waals surface area (Å²) in [5.74, 6) is 2.92. The van der Waals surface area contributed by atoms with Gasteiger partial charge in [0.2, 0.25) is 5.95 Å². The van der Waals surface area contributed by atoms with E-state index >= 15 is 0 Å². The molecule has 0 unspecified atom stereocenters. The smallest absolute Gasteiger partial charge is 0.260 e. The van der Waals surface area contributed by atoms with Gasteiger partial charge in [-0.25, -0.2) is 4.98 Å². The molecule has 0 atom stereocenters. The number of hydrogen-bond acceptors (Lipinski definition) is 5. The quantitative estimate of drug-likeness (QED) is 0.771. The van der Waals surface area contributed by atoms with Crippen LogP contribution in [0.3, 0.4) is 0 Å². The Morgan fingerprint density at radius 2 is 2.21 bits per heavy atom.